The lowest BCUT2D eigenvalue weighted by Crippen LogP contribution is -2.65. The molecule has 3 aromatic rings. The van der Waals surface area contributed by atoms with E-state index in [1.54, 1.807) is 30.3 Å². The van der Waals surface area contributed by atoms with E-state index in [-0.39, 0.29) is 23.7 Å². The van der Waals surface area contributed by atoms with E-state index in [1.165, 1.54) is 18.2 Å². The molecule has 0 radical (unpaired) electrons. The summed E-state index contributed by atoms with van der Waals surface area (Å²) in [6.07, 6.45) is -5.68. The molecule has 0 saturated carbocycles. The smallest absolute Gasteiger partial charge is 0.407 e. The Morgan fingerprint density at radius 1 is 0.898 bits per heavy atom. The summed E-state index contributed by atoms with van der Waals surface area (Å²) in [5.74, 6) is -3.34. The van der Waals surface area contributed by atoms with Crippen molar-refractivity contribution < 1.29 is 52.6 Å². The lowest BCUT2D eigenvalue weighted by atomic mass is 9.95. The Morgan fingerprint density at radius 2 is 1.55 bits per heavy atom. The van der Waals surface area contributed by atoms with Gasteiger partial charge >= 0.3 is 29.7 Å². The van der Waals surface area contributed by atoms with E-state index in [9.17, 15) is 38.9 Å². The maximum atomic E-state index is 13.4. The van der Waals surface area contributed by atoms with Gasteiger partial charge in [0, 0.05) is 44.7 Å². The second kappa shape index (κ2) is 16.1. The number of rotatable bonds is 11. The molecule has 0 bridgehead atoms. The van der Waals surface area contributed by atoms with Crippen LogP contribution in [0.4, 0.5) is 16.3 Å². The summed E-state index contributed by atoms with van der Waals surface area (Å²) >= 11 is 0. The summed E-state index contributed by atoms with van der Waals surface area (Å²) in [5, 5.41) is 15.9. The molecular weight excluding hydrogens is 650 g/mol. The van der Waals surface area contributed by atoms with E-state index in [1.807, 2.05) is 0 Å². The van der Waals surface area contributed by atoms with Gasteiger partial charge < -0.3 is 34.3 Å². The largest absolute Gasteiger partial charge is 0.463 e. The fourth-order valence-corrected chi connectivity index (χ4v) is 4.81. The van der Waals surface area contributed by atoms with Crippen molar-refractivity contribution in [1.29, 1.82) is 0 Å². The molecule has 4 rings (SSSR count). The van der Waals surface area contributed by atoms with Crippen molar-refractivity contribution in [1.82, 2.24) is 14.9 Å². The number of non-ortho nitro benzene ring substituents is 1. The Bertz CT molecular complexity index is 1760. The number of nitro groups is 1. The van der Waals surface area contributed by atoms with Gasteiger partial charge in [-0.05, 0) is 23.8 Å². The first-order valence-corrected chi connectivity index (χ1v) is 14.6. The van der Waals surface area contributed by atoms with Crippen molar-refractivity contribution >= 4 is 41.4 Å². The van der Waals surface area contributed by atoms with E-state index in [0.717, 1.165) is 43.7 Å². The van der Waals surface area contributed by atoms with Gasteiger partial charge in [0.2, 0.25) is 0 Å². The van der Waals surface area contributed by atoms with E-state index in [4.69, 9.17) is 23.7 Å². The Kier molecular flexibility index (Phi) is 11.7. The van der Waals surface area contributed by atoms with Gasteiger partial charge in [-0.15, -0.1) is 0 Å². The predicted molar refractivity (Wildman–Crippen MR) is 165 cm³/mol. The van der Waals surface area contributed by atoms with Gasteiger partial charge in [-0.25, -0.2) is 9.59 Å². The molecule has 0 aliphatic carbocycles. The minimum absolute atomic E-state index is 0.0412. The normalized spacial score (nSPS) is 19.9. The van der Waals surface area contributed by atoms with Crippen LogP contribution in [0.5, 0.6) is 0 Å². The summed E-state index contributed by atoms with van der Waals surface area (Å²) in [5.41, 5.74) is -0.558. The summed E-state index contributed by atoms with van der Waals surface area (Å²) in [7, 11) is 0. The van der Waals surface area contributed by atoms with E-state index < -0.39 is 77.7 Å². The first kappa shape index (κ1) is 35.7. The molecule has 258 valence electrons. The third kappa shape index (κ3) is 9.67. The molecule has 2 aromatic carbocycles. The predicted octanol–water partition coefficient (Wildman–Crippen LogP) is 2.02. The van der Waals surface area contributed by atoms with Gasteiger partial charge in [0.25, 0.3) is 11.6 Å². The lowest BCUT2D eigenvalue weighted by molar-refractivity contribution is -0.384. The molecule has 1 aliphatic heterocycles. The van der Waals surface area contributed by atoms with E-state index >= 15 is 0 Å². The quantitative estimate of drug-likeness (QED) is 0.128. The van der Waals surface area contributed by atoms with Gasteiger partial charge in [0.15, 0.2) is 18.4 Å². The van der Waals surface area contributed by atoms with Gasteiger partial charge in [-0.1, -0.05) is 30.3 Å². The number of amides is 2. The van der Waals surface area contributed by atoms with Gasteiger partial charge in [0.1, 0.15) is 31.2 Å². The fourth-order valence-electron chi connectivity index (χ4n) is 4.81. The topological polar surface area (TPSA) is 234 Å². The third-order valence-electron chi connectivity index (χ3n) is 6.90. The molecular formula is C31H31N5O13. The molecule has 49 heavy (non-hydrogen) atoms. The molecule has 1 aliphatic rings. The maximum absolute atomic E-state index is 13.4. The first-order chi connectivity index (χ1) is 23.3. The number of ether oxygens (including phenoxy) is 5. The highest BCUT2D eigenvalue weighted by atomic mass is 16.6. The van der Waals surface area contributed by atoms with Crippen LogP contribution in [-0.4, -0.2) is 75.3 Å². The highest BCUT2D eigenvalue weighted by molar-refractivity contribution is 6.03. The Labute approximate surface area is 277 Å². The summed E-state index contributed by atoms with van der Waals surface area (Å²) in [4.78, 5) is 89.5. The molecule has 2 N–H and O–H groups in total. The SMILES string of the molecule is CC(=O)OCC1OC(n2ccc(NC(=O)c3ccc([N+](=O)[O-])cc3)nc2=O)C(NC(=O)OCc2ccccc2)C(OC(C)=O)C1OC(C)=O. The number of benzene rings is 2. The van der Waals surface area contributed by atoms with Crippen LogP contribution in [0.1, 0.15) is 42.9 Å². The first-order valence-electron chi connectivity index (χ1n) is 14.6. The number of esters is 3. The average Bonchev–Trinajstić information content (AvgIpc) is 3.05. The van der Waals surface area contributed by atoms with Crippen molar-refractivity contribution in [2.45, 2.75) is 58.0 Å². The average molecular weight is 682 g/mol. The lowest BCUT2D eigenvalue weighted by Gasteiger charge is -2.45. The summed E-state index contributed by atoms with van der Waals surface area (Å²) in [6, 6.07) is 13.1. The summed E-state index contributed by atoms with van der Waals surface area (Å²) in [6.45, 7) is 2.59. The zero-order valence-electron chi connectivity index (χ0n) is 26.3. The highest BCUT2D eigenvalue weighted by Crippen LogP contribution is 2.32. The van der Waals surface area contributed by atoms with Crippen LogP contribution in [0.3, 0.4) is 0 Å². The number of carbonyl (C=O) groups is 5. The van der Waals surface area contributed by atoms with Crippen LogP contribution in [0, 0.1) is 10.1 Å². The van der Waals surface area contributed by atoms with Gasteiger partial charge in [-0.2, -0.15) is 4.98 Å². The van der Waals surface area contributed by atoms with Crippen LogP contribution in [0.2, 0.25) is 0 Å². The van der Waals surface area contributed by atoms with E-state index in [0.29, 0.717) is 5.56 Å². The van der Waals surface area contributed by atoms with Gasteiger partial charge in [-0.3, -0.25) is 33.9 Å². The van der Waals surface area contributed by atoms with Crippen LogP contribution >= 0.6 is 0 Å². The standard InChI is InChI=1S/C31H31N5O13/c1-17(37)45-16-23-26(47-18(2)38)27(48-19(3)39)25(34-31(42)46-15-20-7-5-4-6-8-20)29(49-23)35-14-13-24(33-30(35)41)32-28(40)21-9-11-22(12-10-21)36(43)44/h4-14,23,25-27,29H,15-16H2,1-3H3,(H,34,42)(H,32,33,40,41). The molecule has 1 fully saturated rings. The van der Waals surface area contributed by atoms with Crippen LogP contribution < -0.4 is 16.3 Å². The van der Waals surface area contributed by atoms with Crippen molar-refractivity contribution in [3.63, 3.8) is 0 Å². The molecule has 0 spiro atoms. The van der Waals surface area contributed by atoms with Crippen LogP contribution in [0.15, 0.2) is 71.7 Å². The molecule has 2 amide bonds. The van der Waals surface area contributed by atoms with Crippen molar-refractivity contribution in [3.05, 3.63) is 98.6 Å². The number of hydrogen-bond acceptors (Lipinski definition) is 14. The number of carbonyl (C=O) groups excluding carboxylic acids is 5. The van der Waals surface area contributed by atoms with Crippen molar-refractivity contribution in [2.75, 3.05) is 11.9 Å². The van der Waals surface area contributed by atoms with E-state index in [2.05, 4.69) is 15.6 Å². The molecule has 5 unspecified atom stereocenters. The molecule has 1 saturated heterocycles. The van der Waals surface area contributed by atoms with Crippen molar-refractivity contribution in [2.24, 2.45) is 0 Å². The molecule has 1 aromatic heterocycles. The molecule has 2 heterocycles. The van der Waals surface area contributed by atoms with Crippen LogP contribution in [-0.2, 0) is 44.7 Å². The second-order valence-electron chi connectivity index (χ2n) is 10.5. The number of nitrogens with zero attached hydrogens (tertiary/aromatic N) is 3. The maximum Gasteiger partial charge on any atom is 0.407 e. The molecule has 5 atom stereocenters. The number of nitro benzene ring substituents is 1. The number of aromatic nitrogens is 2. The number of nitrogens with one attached hydrogen (secondary N) is 2. The summed E-state index contributed by atoms with van der Waals surface area (Å²) < 4.78 is 28.4. The third-order valence-corrected chi connectivity index (χ3v) is 6.90. The van der Waals surface area contributed by atoms with Crippen LogP contribution in [0.25, 0.3) is 0 Å². The minimum atomic E-state index is -1.54. The molecule has 18 heteroatoms. The number of hydrogen-bond donors (Lipinski definition) is 2. The zero-order chi connectivity index (χ0) is 35.7. The van der Waals surface area contributed by atoms with Gasteiger partial charge in [0.05, 0.1) is 4.92 Å². The monoisotopic (exact) mass is 681 g/mol. The number of anilines is 1. The Hall–Kier alpha value is -6.17. The van der Waals surface area contributed by atoms with Crippen molar-refractivity contribution in [3.8, 4) is 0 Å². The number of alkyl carbamates (subject to hydrolysis) is 1. The highest BCUT2D eigenvalue weighted by Gasteiger charge is 2.52. The fraction of sp³-hybridized carbons (Fsp3) is 0.323. The minimum Gasteiger partial charge on any atom is -0.463 e. The Balaban J connectivity index is 1.68. The zero-order valence-corrected chi connectivity index (χ0v) is 26.3. The molecule has 18 nitrogen and oxygen atoms in total. The second-order valence-corrected chi connectivity index (χ2v) is 10.5. The Morgan fingerprint density at radius 3 is 2.14 bits per heavy atom.